The molecule has 1 saturated heterocycles. The molecule has 0 bridgehead atoms. The van der Waals surface area contributed by atoms with Crippen molar-refractivity contribution in [2.45, 2.75) is 58.9 Å². The summed E-state index contributed by atoms with van der Waals surface area (Å²) < 4.78 is 43.1. The summed E-state index contributed by atoms with van der Waals surface area (Å²) in [5.41, 5.74) is 6.98. The lowest BCUT2D eigenvalue weighted by molar-refractivity contribution is -0.139. The van der Waals surface area contributed by atoms with Crippen molar-refractivity contribution in [2.24, 2.45) is 5.92 Å². The molecular weight excluding hydrogens is 591 g/mol. The quantitative estimate of drug-likeness (QED) is 0.303. The fourth-order valence-electron chi connectivity index (χ4n) is 5.51. The molecule has 210 valence electrons. The van der Waals surface area contributed by atoms with Gasteiger partial charge in [-0.3, -0.25) is 9.59 Å². The Labute approximate surface area is 236 Å². The van der Waals surface area contributed by atoms with Crippen LogP contribution < -0.4 is 11.1 Å². The molecule has 3 N–H and O–H groups in total. The van der Waals surface area contributed by atoms with E-state index in [1.807, 2.05) is 26.8 Å². The van der Waals surface area contributed by atoms with Gasteiger partial charge in [0.1, 0.15) is 40.8 Å². The number of carbonyl (C=O) groups is 2. The van der Waals surface area contributed by atoms with Gasteiger partial charge in [0.15, 0.2) is 0 Å². The van der Waals surface area contributed by atoms with Gasteiger partial charge in [-0.05, 0) is 78.4 Å². The molecule has 0 spiro atoms. The van der Waals surface area contributed by atoms with Gasteiger partial charge in [0.2, 0.25) is 11.8 Å². The molecule has 1 fully saturated rings. The Morgan fingerprint density at radius 3 is 2.58 bits per heavy atom. The van der Waals surface area contributed by atoms with Crippen molar-refractivity contribution in [3.05, 3.63) is 51.9 Å². The third-order valence-electron chi connectivity index (χ3n) is 7.66. The van der Waals surface area contributed by atoms with Crippen molar-refractivity contribution in [3.8, 4) is 0 Å². The van der Waals surface area contributed by atoms with E-state index in [0.29, 0.717) is 27.9 Å². The molecule has 0 unspecified atom stereocenters. The molecule has 9 nitrogen and oxygen atoms in total. The van der Waals surface area contributed by atoms with Crippen LogP contribution in [-0.2, 0) is 22.3 Å². The van der Waals surface area contributed by atoms with E-state index in [0.717, 1.165) is 17.7 Å². The van der Waals surface area contributed by atoms with E-state index >= 15 is 0 Å². The van der Waals surface area contributed by atoms with E-state index in [1.165, 1.54) is 6.33 Å². The van der Waals surface area contributed by atoms with Crippen molar-refractivity contribution in [2.75, 3.05) is 11.1 Å². The Balaban J connectivity index is 1.55. The van der Waals surface area contributed by atoms with Crippen molar-refractivity contribution in [3.63, 3.8) is 0 Å². The first-order valence-corrected chi connectivity index (χ1v) is 13.4. The number of nitrogen functional groups attached to an aromatic ring is 1. The topological polar surface area (TPSA) is 119 Å². The molecule has 3 atom stereocenters. The first kappa shape index (κ1) is 27.8. The molecule has 13 heteroatoms. The van der Waals surface area contributed by atoms with E-state index in [2.05, 4.69) is 36.2 Å². The van der Waals surface area contributed by atoms with E-state index in [4.69, 9.17) is 5.73 Å². The smallest absolute Gasteiger partial charge is 0.383 e. The summed E-state index contributed by atoms with van der Waals surface area (Å²) in [6, 6.07) is 4.61. The van der Waals surface area contributed by atoms with Gasteiger partial charge in [0.05, 0.1) is 16.5 Å². The number of anilines is 2. The van der Waals surface area contributed by atoms with Crippen molar-refractivity contribution >= 4 is 61.3 Å². The van der Waals surface area contributed by atoms with E-state index in [1.54, 1.807) is 22.5 Å². The van der Waals surface area contributed by atoms with E-state index in [-0.39, 0.29) is 52.6 Å². The number of likely N-dealkylation sites (tertiary alicyclic amines) is 1. The number of benzene rings is 1. The number of halogens is 4. The van der Waals surface area contributed by atoms with Crippen LogP contribution in [0.5, 0.6) is 0 Å². The third-order valence-corrected chi connectivity index (χ3v) is 8.10. The van der Waals surface area contributed by atoms with Gasteiger partial charge in [-0.25, -0.2) is 15.0 Å². The van der Waals surface area contributed by atoms with Crippen LogP contribution in [-0.4, -0.2) is 48.3 Å². The predicted octanol–water partition coefficient (Wildman–Crippen LogP) is 5.22. The average Bonchev–Trinajstić information content (AvgIpc) is 3.36. The fourth-order valence-corrected chi connectivity index (χ4v) is 5.82. The normalized spacial score (nSPS) is 19.5. The maximum Gasteiger partial charge on any atom is 0.416 e. The summed E-state index contributed by atoms with van der Waals surface area (Å²) in [6.45, 7) is 6.96. The van der Waals surface area contributed by atoms with Crippen molar-refractivity contribution in [1.29, 1.82) is 0 Å². The number of nitrogens with two attached hydrogens (primary N) is 1. The number of hydrogen-bond donors (Lipinski definition) is 2. The Kier molecular flexibility index (Phi) is 6.97. The number of amides is 2. The van der Waals surface area contributed by atoms with E-state index < -0.39 is 17.8 Å². The van der Waals surface area contributed by atoms with Gasteiger partial charge in [-0.1, -0.05) is 13.0 Å². The lowest BCUT2D eigenvalue weighted by Crippen LogP contribution is -2.47. The number of aryl methyl sites for hydroxylation is 2. The zero-order chi connectivity index (χ0) is 29.1. The highest BCUT2D eigenvalue weighted by atomic mass is 79.9. The fraction of sp³-hybridized carbons (Fsp3) is 0.370. The molecule has 2 amide bonds. The van der Waals surface area contributed by atoms with Gasteiger partial charge in [0, 0.05) is 11.4 Å². The SMILES string of the molecule is Cc1ccc(Br)nc1NC(=O)[C@@H]1C[C@H](C)[C@@H](C)N1C(=O)Cn1c2ncnc(N)c2c2cc(C(F)(F)F)cc(C)c21. The third kappa shape index (κ3) is 4.76. The standard InChI is InChI=1S/C27H27BrF3N7O2/c1-12-5-6-19(28)35-24(12)36-26(40)18-8-13(2)15(4)38(18)20(39)10-37-22-14(3)7-16(27(29,30)31)9-17(22)21-23(32)33-11-34-25(21)37/h5-7,9,11,13,15,18H,8,10H2,1-4H3,(H2,32,33,34)(H,35,36,40)/t13-,15+,18-/m0/s1. The maximum atomic E-state index is 13.9. The molecule has 4 heterocycles. The minimum atomic E-state index is -4.57. The Morgan fingerprint density at radius 2 is 1.88 bits per heavy atom. The number of carbonyl (C=O) groups excluding carboxylic acids is 2. The molecule has 1 aliphatic rings. The minimum absolute atomic E-state index is 0.0113. The Morgan fingerprint density at radius 1 is 1.15 bits per heavy atom. The molecule has 0 radical (unpaired) electrons. The summed E-state index contributed by atoms with van der Waals surface area (Å²) in [5, 5.41) is 3.30. The van der Waals surface area contributed by atoms with Gasteiger partial charge in [-0.2, -0.15) is 13.2 Å². The summed E-state index contributed by atoms with van der Waals surface area (Å²) in [7, 11) is 0. The monoisotopic (exact) mass is 617 g/mol. The predicted molar refractivity (Wildman–Crippen MR) is 148 cm³/mol. The summed E-state index contributed by atoms with van der Waals surface area (Å²) in [4.78, 5) is 41.5. The van der Waals surface area contributed by atoms with E-state index in [9.17, 15) is 22.8 Å². The molecule has 4 aromatic rings. The molecule has 3 aromatic heterocycles. The molecule has 1 aliphatic heterocycles. The first-order valence-electron chi connectivity index (χ1n) is 12.6. The molecule has 0 aliphatic carbocycles. The van der Waals surface area contributed by atoms with Crippen LogP contribution >= 0.6 is 15.9 Å². The van der Waals surface area contributed by atoms with Crippen LogP contribution in [0, 0.1) is 19.8 Å². The van der Waals surface area contributed by atoms with Crippen molar-refractivity contribution < 1.29 is 22.8 Å². The lowest BCUT2D eigenvalue weighted by Gasteiger charge is -2.29. The second kappa shape index (κ2) is 10.0. The summed E-state index contributed by atoms with van der Waals surface area (Å²) in [5.74, 6) is -0.297. The largest absolute Gasteiger partial charge is 0.416 e. The highest BCUT2D eigenvalue weighted by molar-refractivity contribution is 9.10. The summed E-state index contributed by atoms with van der Waals surface area (Å²) >= 11 is 3.31. The van der Waals surface area contributed by atoms with Crippen molar-refractivity contribution in [1.82, 2.24) is 24.4 Å². The molecule has 5 rings (SSSR count). The Bertz CT molecular complexity index is 1670. The zero-order valence-electron chi connectivity index (χ0n) is 22.2. The van der Waals surface area contributed by atoms with Crippen LogP contribution in [0.2, 0.25) is 0 Å². The van der Waals surface area contributed by atoms with Gasteiger partial charge in [-0.15, -0.1) is 0 Å². The maximum absolute atomic E-state index is 13.9. The van der Waals surface area contributed by atoms with Crippen LogP contribution in [0.15, 0.2) is 35.2 Å². The highest BCUT2D eigenvalue weighted by Crippen LogP contribution is 2.39. The number of aromatic nitrogens is 4. The van der Waals surface area contributed by atoms with Gasteiger partial charge in [0.25, 0.3) is 0 Å². The molecular formula is C27H27BrF3N7O2. The molecule has 1 aromatic carbocycles. The zero-order valence-corrected chi connectivity index (χ0v) is 23.8. The van der Waals surface area contributed by atoms with Crippen LogP contribution in [0.3, 0.4) is 0 Å². The number of nitrogens with zero attached hydrogens (tertiary/aromatic N) is 5. The second-order valence-corrected chi connectivity index (χ2v) is 11.1. The lowest BCUT2D eigenvalue weighted by atomic mass is 10.0. The number of rotatable bonds is 4. The highest BCUT2D eigenvalue weighted by Gasteiger charge is 2.43. The molecule has 40 heavy (non-hydrogen) atoms. The molecule has 0 saturated carbocycles. The van der Waals surface area contributed by atoms with Gasteiger partial charge < -0.3 is 20.5 Å². The van der Waals surface area contributed by atoms with Crippen LogP contribution in [0.25, 0.3) is 21.9 Å². The minimum Gasteiger partial charge on any atom is -0.383 e. The number of nitrogens with one attached hydrogen (secondary N) is 1. The Hall–Kier alpha value is -3.74. The number of hydrogen-bond acceptors (Lipinski definition) is 6. The number of alkyl halides is 3. The second-order valence-electron chi connectivity index (χ2n) is 10.3. The number of fused-ring (bicyclic) bond motifs is 3. The van der Waals surface area contributed by atoms with Crippen LogP contribution in [0.4, 0.5) is 24.8 Å². The first-order chi connectivity index (χ1) is 18.8. The number of pyridine rings is 1. The summed E-state index contributed by atoms with van der Waals surface area (Å²) in [6.07, 6.45) is -2.92. The van der Waals surface area contributed by atoms with Crippen LogP contribution in [0.1, 0.15) is 37.0 Å². The average molecular weight is 618 g/mol. The van der Waals surface area contributed by atoms with Gasteiger partial charge >= 0.3 is 6.18 Å².